The van der Waals surface area contributed by atoms with Gasteiger partial charge in [0.25, 0.3) is 0 Å². The lowest BCUT2D eigenvalue weighted by molar-refractivity contribution is -0.115. The number of halogens is 1. The second kappa shape index (κ2) is 6.34. The van der Waals surface area contributed by atoms with E-state index in [1.807, 2.05) is 24.3 Å². The van der Waals surface area contributed by atoms with Crippen LogP contribution >= 0.6 is 15.9 Å². The maximum absolute atomic E-state index is 11.9. The van der Waals surface area contributed by atoms with E-state index in [-0.39, 0.29) is 17.9 Å². The first-order valence-corrected chi connectivity index (χ1v) is 6.71. The summed E-state index contributed by atoms with van der Waals surface area (Å²) in [5.74, 6) is -1.14. The number of nitrogens with one attached hydrogen (secondary N) is 1. The normalized spacial score (nSPS) is 10.1. The van der Waals surface area contributed by atoms with E-state index in [1.165, 1.54) is 12.1 Å². The van der Waals surface area contributed by atoms with Gasteiger partial charge in [-0.2, -0.15) is 0 Å². The van der Waals surface area contributed by atoms with Crippen molar-refractivity contribution in [2.24, 2.45) is 0 Å². The van der Waals surface area contributed by atoms with E-state index >= 15 is 0 Å². The molecule has 20 heavy (non-hydrogen) atoms. The molecule has 0 aliphatic heterocycles. The Morgan fingerprint density at radius 2 is 1.80 bits per heavy atom. The third-order valence-electron chi connectivity index (χ3n) is 2.67. The first-order valence-electron chi connectivity index (χ1n) is 5.92. The smallest absolute Gasteiger partial charge is 0.335 e. The molecule has 0 bridgehead atoms. The Bertz CT molecular complexity index is 638. The van der Waals surface area contributed by atoms with Crippen molar-refractivity contribution in [2.75, 3.05) is 5.32 Å². The summed E-state index contributed by atoms with van der Waals surface area (Å²) in [6.45, 7) is 0. The van der Waals surface area contributed by atoms with E-state index < -0.39 is 5.97 Å². The Labute approximate surface area is 124 Å². The number of amides is 1. The fourth-order valence-corrected chi connectivity index (χ4v) is 2.18. The number of carbonyl (C=O) groups is 2. The van der Waals surface area contributed by atoms with Crippen LogP contribution in [0.4, 0.5) is 5.69 Å². The second-order valence-electron chi connectivity index (χ2n) is 4.24. The highest BCUT2D eigenvalue weighted by molar-refractivity contribution is 9.10. The third-order valence-corrected chi connectivity index (χ3v) is 3.16. The van der Waals surface area contributed by atoms with Gasteiger partial charge in [0, 0.05) is 10.2 Å². The topological polar surface area (TPSA) is 66.4 Å². The van der Waals surface area contributed by atoms with E-state index in [4.69, 9.17) is 5.11 Å². The van der Waals surface area contributed by atoms with E-state index in [2.05, 4.69) is 21.2 Å². The zero-order valence-corrected chi connectivity index (χ0v) is 12.1. The maximum Gasteiger partial charge on any atom is 0.335 e. The molecule has 0 aromatic heterocycles. The molecule has 2 aromatic rings. The lowest BCUT2D eigenvalue weighted by Crippen LogP contribution is -2.14. The molecule has 2 rings (SSSR count). The number of anilines is 1. The van der Waals surface area contributed by atoms with Crippen molar-refractivity contribution in [3.8, 4) is 0 Å². The zero-order chi connectivity index (χ0) is 14.5. The highest BCUT2D eigenvalue weighted by atomic mass is 79.9. The molecule has 1 amide bonds. The van der Waals surface area contributed by atoms with Gasteiger partial charge in [0.2, 0.25) is 5.91 Å². The molecule has 0 unspecified atom stereocenters. The fourth-order valence-electron chi connectivity index (χ4n) is 1.73. The Morgan fingerprint density at radius 3 is 2.40 bits per heavy atom. The lowest BCUT2D eigenvalue weighted by Gasteiger charge is -2.06. The highest BCUT2D eigenvalue weighted by Crippen LogP contribution is 2.14. The van der Waals surface area contributed by atoms with Crippen LogP contribution in [0.25, 0.3) is 0 Å². The molecule has 0 fully saturated rings. The lowest BCUT2D eigenvalue weighted by atomic mass is 10.1. The Kier molecular flexibility index (Phi) is 4.53. The van der Waals surface area contributed by atoms with Crippen molar-refractivity contribution in [2.45, 2.75) is 6.42 Å². The molecule has 2 aromatic carbocycles. The van der Waals surface area contributed by atoms with Gasteiger partial charge in [0.1, 0.15) is 0 Å². The number of hydrogen-bond acceptors (Lipinski definition) is 2. The average Bonchev–Trinajstić information content (AvgIpc) is 2.39. The summed E-state index contributed by atoms with van der Waals surface area (Å²) in [4.78, 5) is 22.6. The average molecular weight is 334 g/mol. The number of rotatable bonds is 4. The van der Waals surface area contributed by atoms with Crippen LogP contribution in [0.5, 0.6) is 0 Å². The van der Waals surface area contributed by atoms with Crippen molar-refractivity contribution in [1.29, 1.82) is 0 Å². The summed E-state index contributed by atoms with van der Waals surface area (Å²) >= 11 is 3.35. The monoisotopic (exact) mass is 333 g/mol. The van der Waals surface area contributed by atoms with Gasteiger partial charge in [-0.1, -0.05) is 28.1 Å². The van der Waals surface area contributed by atoms with Gasteiger partial charge >= 0.3 is 5.97 Å². The maximum atomic E-state index is 11.9. The van der Waals surface area contributed by atoms with Gasteiger partial charge in [-0.3, -0.25) is 4.79 Å². The van der Waals surface area contributed by atoms with E-state index in [1.54, 1.807) is 12.1 Å². The predicted octanol–water partition coefficient (Wildman–Crippen LogP) is 3.33. The quantitative estimate of drug-likeness (QED) is 0.901. The summed E-state index contributed by atoms with van der Waals surface area (Å²) in [6.07, 6.45) is 0.264. The molecule has 0 saturated carbocycles. The van der Waals surface area contributed by atoms with Crippen molar-refractivity contribution in [1.82, 2.24) is 0 Å². The summed E-state index contributed by atoms with van der Waals surface area (Å²) in [5, 5.41) is 11.5. The van der Waals surface area contributed by atoms with Crippen LogP contribution in [0.2, 0.25) is 0 Å². The molecule has 0 radical (unpaired) electrons. The second-order valence-corrected chi connectivity index (χ2v) is 5.15. The highest BCUT2D eigenvalue weighted by Gasteiger charge is 2.06. The van der Waals surface area contributed by atoms with Gasteiger partial charge in [0.05, 0.1) is 12.0 Å². The van der Waals surface area contributed by atoms with Crippen LogP contribution in [0, 0.1) is 0 Å². The summed E-state index contributed by atoms with van der Waals surface area (Å²) in [6, 6.07) is 13.6. The molecule has 4 nitrogen and oxygen atoms in total. The van der Waals surface area contributed by atoms with E-state index in [0.717, 1.165) is 10.0 Å². The summed E-state index contributed by atoms with van der Waals surface area (Å²) in [5.41, 5.74) is 1.67. The van der Waals surface area contributed by atoms with E-state index in [0.29, 0.717) is 5.69 Å². The molecule has 102 valence electrons. The SMILES string of the molecule is O=C(Cc1cccc(Br)c1)Nc1ccc(C(=O)O)cc1. The molecule has 2 N–H and O–H groups in total. The number of aromatic carboxylic acids is 1. The minimum Gasteiger partial charge on any atom is -0.478 e. The number of carboxylic acids is 1. The first kappa shape index (κ1) is 14.3. The molecular weight excluding hydrogens is 322 g/mol. The zero-order valence-electron chi connectivity index (χ0n) is 10.5. The molecule has 0 aliphatic carbocycles. The van der Waals surface area contributed by atoms with Crippen LogP contribution in [-0.2, 0) is 11.2 Å². The Balaban J connectivity index is 1.99. The van der Waals surface area contributed by atoms with Crippen molar-refractivity contribution < 1.29 is 14.7 Å². The van der Waals surface area contributed by atoms with Gasteiger partial charge in [-0.05, 0) is 42.0 Å². The first-order chi connectivity index (χ1) is 9.54. The Morgan fingerprint density at radius 1 is 1.10 bits per heavy atom. The number of benzene rings is 2. The molecule has 0 spiro atoms. The van der Waals surface area contributed by atoms with E-state index in [9.17, 15) is 9.59 Å². The molecule has 5 heteroatoms. The number of hydrogen-bond donors (Lipinski definition) is 2. The van der Waals surface area contributed by atoms with Crippen LogP contribution < -0.4 is 5.32 Å². The Hall–Kier alpha value is -2.14. The van der Waals surface area contributed by atoms with Crippen LogP contribution in [0.1, 0.15) is 15.9 Å². The van der Waals surface area contributed by atoms with Crippen LogP contribution in [-0.4, -0.2) is 17.0 Å². The molecular formula is C15H12BrNO3. The van der Waals surface area contributed by atoms with Crippen LogP contribution in [0.15, 0.2) is 53.0 Å². The van der Waals surface area contributed by atoms with Gasteiger partial charge in [-0.25, -0.2) is 4.79 Å². The summed E-state index contributed by atoms with van der Waals surface area (Å²) < 4.78 is 0.925. The van der Waals surface area contributed by atoms with Crippen molar-refractivity contribution in [3.63, 3.8) is 0 Å². The molecule has 0 atom stereocenters. The van der Waals surface area contributed by atoms with Gasteiger partial charge in [-0.15, -0.1) is 0 Å². The molecule has 0 aliphatic rings. The van der Waals surface area contributed by atoms with Crippen molar-refractivity contribution >= 4 is 33.5 Å². The fraction of sp³-hybridized carbons (Fsp3) is 0.0667. The summed E-state index contributed by atoms with van der Waals surface area (Å²) in [7, 11) is 0. The minimum atomic E-state index is -0.989. The molecule has 0 saturated heterocycles. The predicted molar refractivity (Wildman–Crippen MR) is 79.9 cm³/mol. The van der Waals surface area contributed by atoms with Crippen molar-refractivity contribution in [3.05, 3.63) is 64.1 Å². The third kappa shape index (κ3) is 3.93. The standard InChI is InChI=1S/C15H12BrNO3/c16-12-3-1-2-10(8-12)9-14(18)17-13-6-4-11(5-7-13)15(19)20/h1-8H,9H2,(H,17,18)(H,19,20). The number of carboxylic acid groups (broad SMARTS) is 1. The molecule has 0 heterocycles. The van der Waals surface area contributed by atoms with Gasteiger partial charge < -0.3 is 10.4 Å². The van der Waals surface area contributed by atoms with Crippen LogP contribution in [0.3, 0.4) is 0 Å². The number of carbonyl (C=O) groups excluding carboxylic acids is 1. The minimum absolute atomic E-state index is 0.147. The largest absolute Gasteiger partial charge is 0.478 e. The van der Waals surface area contributed by atoms with Gasteiger partial charge in [0.15, 0.2) is 0 Å².